The van der Waals surface area contributed by atoms with Crippen LogP contribution in [0, 0.1) is 23.6 Å². The smallest absolute Gasteiger partial charge is 0.143 e. The third-order valence-electron chi connectivity index (χ3n) is 3.41. The number of halogens is 1. The topological polar surface area (TPSA) is 29.5 Å². The zero-order valence-electron chi connectivity index (χ0n) is 12.9. The second-order valence-electron chi connectivity index (χ2n) is 5.70. The SMILES string of the molecule is CC(C#Cc1ccccc1Oc1ccc(F)cc1)C(C)(C)O. The molecule has 0 aliphatic heterocycles. The molecule has 1 atom stereocenters. The molecule has 0 saturated heterocycles. The molecule has 1 unspecified atom stereocenters. The Bertz CT molecular complexity index is 688. The van der Waals surface area contributed by atoms with E-state index in [1.807, 2.05) is 31.2 Å². The van der Waals surface area contributed by atoms with Crippen LogP contribution >= 0.6 is 0 Å². The predicted octanol–water partition coefficient (Wildman–Crippen LogP) is 4.38. The third-order valence-corrected chi connectivity index (χ3v) is 3.41. The van der Waals surface area contributed by atoms with Gasteiger partial charge in [0.15, 0.2) is 0 Å². The van der Waals surface area contributed by atoms with Crippen LogP contribution in [0.15, 0.2) is 48.5 Å². The number of para-hydroxylation sites is 1. The van der Waals surface area contributed by atoms with E-state index in [1.165, 1.54) is 12.1 Å². The van der Waals surface area contributed by atoms with Crippen molar-refractivity contribution >= 4 is 0 Å². The second kappa shape index (κ2) is 6.64. The third kappa shape index (κ3) is 4.34. The number of aliphatic hydroxyl groups is 1. The Labute approximate surface area is 130 Å². The summed E-state index contributed by atoms with van der Waals surface area (Å²) in [5, 5.41) is 9.93. The van der Waals surface area contributed by atoms with E-state index in [0.717, 1.165) is 5.56 Å². The van der Waals surface area contributed by atoms with Gasteiger partial charge < -0.3 is 9.84 Å². The molecule has 0 aliphatic carbocycles. The summed E-state index contributed by atoms with van der Waals surface area (Å²) in [4.78, 5) is 0. The first kappa shape index (κ1) is 16.1. The normalized spacial score (nSPS) is 12.2. The molecular weight excluding hydrogens is 279 g/mol. The molecule has 3 heteroatoms. The van der Waals surface area contributed by atoms with Crippen LogP contribution in [0.25, 0.3) is 0 Å². The first-order chi connectivity index (χ1) is 10.4. The van der Waals surface area contributed by atoms with Gasteiger partial charge in [-0.05, 0) is 57.2 Å². The summed E-state index contributed by atoms with van der Waals surface area (Å²) >= 11 is 0. The van der Waals surface area contributed by atoms with E-state index in [-0.39, 0.29) is 11.7 Å². The highest BCUT2D eigenvalue weighted by Gasteiger charge is 2.19. The summed E-state index contributed by atoms with van der Waals surface area (Å²) in [5.41, 5.74) is -0.136. The lowest BCUT2D eigenvalue weighted by Gasteiger charge is -2.20. The van der Waals surface area contributed by atoms with Crippen LogP contribution in [0.5, 0.6) is 11.5 Å². The molecule has 0 radical (unpaired) electrons. The van der Waals surface area contributed by atoms with Crippen molar-refractivity contribution in [3.8, 4) is 23.3 Å². The van der Waals surface area contributed by atoms with Crippen molar-refractivity contribution < 1.29 is 14.2 Å². The van der Waals surface area contributed by atoms with Crippen LogP contribution in [0.2, 0.25) is 0 Å². The molecule has 22 heavy (non-hydrogen) atoms. The van der Waals surface area contributed by atoms with Crippen LogP contribution in [-0.2, 0) is 0 Å². The molecule has 2 aromatic carbocycles. The van der Waals surface area contributed by atoms with Crippen LogP contribution in [0.1, 0.15) is 26.3 Å². The van der Waals surface area contributed by atoms with Gasteiger partial charge in [0.1, 0.15) is 17.3 Å². The van der Waals surface area contributed by atoms with E-state index in [2.05, 4.69) is 11.8 Å². The minimum Gasteiger partial charge on any atom is -0.456 e. The second-order valence-corrected chi connectivity index (χ2v) is 5.70. The molecule has 2 nitrogen and oxygen atoms in total. The van der Waals surface area contributed by atoms with E-state index in [9.17, 15) is 9.50 Å². The lowest BCUT2D eigenvalue weighted by Crippen LogP contribution is -2.27. The first-order valence-electron chi connectivity index (χ1n) is 7.12. The van der Waals surface area contributed by atoms with Crippen molar-refractivity contribution in [1.29, 1.82) is 0 Å². The maximum Gasteiger partial charge on any atom is 0.143 e. The van der Waals surface area contributed by atoms with Crippen molar-refractivity contribution in [2.45, 2.75) is 26.4 Å². The molecule has 1 N–H and O–H groups in total. The Kier molecular flexibility index (Phi) is 4.85. The largest absolute Gasteiger partial charge is 0.456 e. The molecule has 0 heterocycles. The number of rotatable bonds is 3. The Morgan fingerprint density at radius 3 is 2.36 bits per heavy atom. The molecule has 0 aliphatic rings. The number of benzene rings is 2. The monoisotopic (exact) mass is 298 g/mol. The zero-order valence-corrected chi connectivity index (χ0v) is 12.9. The van der Waals surface area contributed by atoms with E-state index in [1.54, 1.807) is 26.0 Å². The molecule has 0 fully saturated rings. The van der Waals surface area contributed by atoms with E-state index in [4.69, 9.17) is 4.74 Å². The molecule has 0 amide bonds. The Morgan fingerprint density at radius 2 is 1.73 bits per heavy atom. The van der Waals surface area contributed by atoms with Crippen LogP contribution in [0.4, 0.5) is 4.39 Å². The molecule has 0 aromatic heterocycles. The molecule has 114 valence electrons. The van der Waals surface area contributed by atoms with Crippen LogP contribution in [-0.4, -0.2) is 10.7 Å². The van der Waals surface area contributed by atoms with Crippen LogP contribution < -0.4 is 4.74 Å². The van der Waals surface area contributed by atoms with E-state index in [0.29, 0.717) is 11.5 Å². The predicted molar refractivity (Wildman–Crippen MR) is 85.3 cm³/mol. The highest BCUT2D eigenvalue weighted by Crippen LogP contribution is 2.25. The molecule has 2 rings (SSSR count). The van der Waals surface area contributed by atoms with Gasteiger partial charge in [0.25, 0.3) is 0 Å². The van der Waals surface area contributed by atoms with E-state index >= 15 is 0 Å². The maximum atomic E-state index is 12.9. The van der Waals surface area contributed by atoms with Crippen molar-refractivity contribution in [3.63, 3.8) is 0 Å². The summed E-state index contributed by atoms with van der Waals surface area (Å²) in [6.45, 7) is 5.33. The minimum atomic E-state index is -0.861. The van der Waals surface area contributed by atoms with Gasteiger partial charge >= 0.3 is 0 Å². The first-order valence-corrected chi connectivity index (χ1v) is 7.12. The number of hydrogen-bond donors (Lipinski definition) is 1. The van der Waals surface area contributed by atoms with E-state index < -0.39 is 5.60 Å². The standard InChI is InChI=1S/C19H19FO2/c1-14(19(2,3)21)8-9-15-6-4-5-7-18(15)22-17-12-10-16(20)11-13-17/h4-7,10-14,21H,1-3H3. The molecule has 0 spiro atoms. The highest BCUT2D eigenvalue weighted by atomic mass is 19.1. The summed E-state index contributed by atoms with van der Waals surface area (Å²) in [5.74, 6) is 6.74. The van der Waals surface area contributed by atoms with Crippen molar-refractivity contribution in [2.24, 2.45) is 5.92 Å². The quantitative estimate of drug-likeness (QED) is 0.852. The molecule has 2 aromatic rings. The Hall–Kier alpha value is -2.31. The molecular formula is C19H19FO2. The Morgan fingerprint density at radius 1 is 1.09 bits per heavy atom. The summed E-state index contributed by atoms with van der Waals surface area (Å²) in [6, 6.07) is 13.2. The zero-order chi connectivity index (χ0) is 16.2. The maximum absolute atomic E-state index is 12.9. The minimum absolute atomic E-state index is 0.175. The fourth-order valence-corrected chi connectivity index (χ4v) is 1.65. The lowest BCUT2D eigenvalue weighted by molar-refractivity contribution is 0.0477. The summed E-state index contributed by atoms with van der Waals surface area (Å²) in [6.07, 6.45) is 0. The highest BCUT2D eigenvalue weighted by molar-refractivity contribution is 5.48. The molecule has 0 saturated carbocycles. The average Bonchev–Trinajstić information content (AvgIpc) is 2.47. The van der Waals surface area contributed by atoms with Gasteiger partial charge in [-0.3, -0.25) is 0 Å². The van der Waals surface area contributed by atoms with Crippen molar-refractivity contribution in [2.75, 3.05) is 0 Å². The fraction of sp³-hybridized carbons (Fsp3) is 0.263. The van der Waals surface area contributed by atoms with Gasteiger partial charge in [0.2, 0.25) is 0 Å². The number of ether oxygens (including phenoxy) is 1. The van der Waals surface area contributed by atoms with Crippen molar-refractivity contribution in [3.05, 3.63) is 59.9 Å². The van der Waals surface area contributed by atoms with Gasteiger partial charge in [-0.2, -0.15) is 0 Å². The van der Waals surface area contributed by atoms with Gasteiger partial charge in [0, 0.05) is 5.92 Å². The molecule has 0 bridgehead atoms. The van der Waals surface area contributed by atoms with Gasteiger partial charge in [-0.15, -0.1) is 0 Å². The summed E-state index contributed by atoms with van der Waals surface area (Å²) < 4.78 is 18.7. The number of hydrogen-bond acceptors (Lipinski definition) is 2. The fourth-order valence-electron chi connectivity index (χ4n) is 1.65. The van der Waals surface area contributed by atoms with Crippen molar-refractivity contribution in [1.82, 2.24) is 0 Å². The summed E-state index contributed by atoms with van der Waals surface area (Å²) in [7, 11) is 0. The average molecular weight is 298 g/mol. The van der Waals surface area contributed by atoms with Crippen LogP contribution in [0.3, 0.4) is 0 Å². The van der Waals surface area contributed by atoms with Gasteiger partial charge in [-0.1, -0.05) is 24.0 Å². The van der Waals surface area contributed by atoms with Gasteiger partial charge in [-0.25, -0.2) is 4.39 Å². The Balaban J connectivity index is 2.24. The lowest BCUT2D eigenvalue weighted by atomic mass is 9.93. The van der Waals surface area contributed by atoms with Gasteiger partial charge in [0.05, 0.1) is 11.2 Å².